The molecule has 0 saturated carbocycles. The molecule has 0 bridgehead atoms. The van der Waals surface area contributed by atoms with Gasteiger partial charge in [0, 0.05) is 42.1 Å². The SMILES string of the molecule is Cc1nc(Nc2ncc(C)s2)cc([C@H]2CCN(C(=O)C(C)C)C2)n1. The highest BCUT2D eigenvalue weighted by Gasteiger charge is 2.29. The molecular formula is C17H23N5OS. The summed E-state index contributed by atoms with van der Waals surface area (Å²) in [6, 6.07) is 1.98. The summed E-state index contributed by atoms with van der Waals surface area (Å²) < 4.78 is 0. The molecule has 0 radical (unpaired) electrons. The summed E-state index contributed by atoms with van der Waals surface area (Å²) >= 11 is 1.60. The molecule has 0 unspecified atom stereocenters. The number of anilines is 2. The first-order chi connectivity index (χ1) is 11.4. The Morgan fingerprint density at radius 3 is 2.83 bits per heavy atom. The zero-order chi connectivity index (χ0) is 17.3. The fourth-order valence-electron chi connectivity index (χ4n) is 2.95. The van der Waals surface area contributed by atoms with Crippen LogP contribution in [0.15, 0.2) is 12.3 Å². The monoisotopic (exact) mass is 345 g/mol. The van der Waals surface area contributed by atoms with Gasteiger partial charge in [0.15, 0.2) is 5.13 Å². The molecule has 1 atom stereocenters. The Hall–Kier alpha value is -2.02. The van der Waals surface area contributed by atoms with Crippen molar-refractivity contribution >= 4 is 28.2 Å². The van der Waals surface area contributed by atoms with Crippen LogP contribution in [0.25, 0.3) is 0 Å². The molecule has 1 N–H and O–H groups in total. The van der Waals surface area contributed by atoms with E-state index in [-0.39, 0.29) is 17.7 Å². The predicted octanol–water partition coefficient (Wildman–Crippen LogP) is 3.27. The molecule has 0 aliphatic carbocycles. The van der Waals surface area contributed by atoms with Crippen LogP contribution in [-0.2, 0) is 4.79 Å². The summed E-state index contributed by atoms with van der Waals surface area (Å²) in [5.74, 6) is 2.03. The minimum Gasteiger partial charge on any atom is -0.342 e. The number of nitrogens with one attached hydrogen (secondary N) is 1. The van der Waals surface area contributed by atoms with Crippen molar-refractivity contribution in [2.75, 3.05) is 18.4 Å². The van der Waals surface area contributed by atoms with Gasteiger partial charge in [0.25, 0.3) is 0 Å². The van der Waals surface area contributed by atoms with E-state index in [9.17, 15) is 4.79 Å². The molecule has 2 aromatic rings. The average molecular weight is 345 g/mol. The third kappa shape index (κ3) is 3.72. The van der Waals surface area contributed by atoms with Crippen molar-refractivity contribution in [2.24, 2.45) is 5.92 Å². The maximum Gasteiger partial charge on any atom is 0.225 e. The van der Waals surface area contributed by atoms with Gasteiger partial charge in [-0.15, -0.1) is 11.3 Å². The van der Waals surface area contributed by atoms with Crippen molar-refractivity contribution in [3.05, 3.63) is 28.7 Å². The molecule has 7 heteroatoms. The zero-order valence-electron chi connectivity index (χ0n) is 14.5. The number of nitrogens with zero attached hydrogens (tertiary/aromatic N) is 4. The lowest BCUT2D eigenvalue weighted by Crippen LogP contribution is -2.32. The number of thiazole rings is 1. The summed E-state index contributed by atoms with van der Waals surface area (Å²) in [4.78, 5) is 28.6. The van der Waals surface area contributed by atoms with Crippen molar-refractivity contribution < 1.29 is 4.79 Å². The van der Waals surface area contributed by atoms with Crippen LogP contribution in [0.4, 0.5) is 10.9 Å². The molecule has 1 saturated heterocycles. The molecule has 0 aromatic carbocycles. The summed E-state index contributed by atoms with van der Waals surface area (Å²) in [5.41, 5.74) is 0.998. The van der Waals surface area contributed by atoms with Crippen LogP contribution >= 0.6 is 11.3 Å². The molecular weight excluding hydrogens is 322 g/mol. The van der Waals surface area contributed by atoms with Gasteiger partial charge >= 0.3 is 0 Å². The normalized spacial score (nSPS) is 17.5. The van der Waals surface area contributed by atoms with E-state index < -0.39 is 0 Å². The van der Waals surface area contributed by atoms with E-state index in [1.165, 1.54) is 0 Å². The van der Waals surface area contributed by atoms with Gasteiger partial charge in [0.05, 0.1) is 5.69 Å². The highest BCUT2D eigenvalue weighted by Crippen LogP contribution is 2.29. The van der Waals surface area contributed by atoms with Gasteiger partial charge in [0.1, 0.15) is 11.6 Å². The number of carbonyl (C=O) groups excluding carboxylic acids is 1. The lowest BCUT2D eigenvalue weighted by atomic mass is 10.0. The Morgan fingerprint density at radius 2 is 2.17 bits per heavy atom. The summed E-state index contributed by atoms with van der Waals surface area (Å²) in [5, 5.41) is 4.09. The van der Waals surface area contributed by atoms with Crippen LogP contribution < -0.4 is 5.32 Å². The van der Waals surface area contributed by atoms with Crippen molar-refractivity contribution in [3.63, 3.8) is 0 Å². The Balaban J connectivity index is 1.76. The molecule has 2 aromatic heterocycles. The van der Waals surface area contributed by atoms with E-state index in [1.54, 1.807) is 11.3 Å². The number of aryl methyl sites for hydroxylation is 2. The Kier molecular flexibility index (Phi) is 4.80. The average Bonchev–Trinajstić information content (AvgIpc) is 3.15. The van der Waals surface area contributed by atoms with Crippen LogP contribution in [0.3, 0.4) is 0 Å². The van der Waals surface area contributed by atoms with Crippen LogP contribution in [0.2, 0.25) is 0 Å². The van der Waals surface area contributed by atoms with E-state index in [4.69, 9.17) is 0 Å². The highest BCUT2D eigenvalue weighted by atomic mass is 32.1. The summed E-state index contributed by atoms with van der Waals surface area (Å²) in [6.45, 7) is 9.36. The third-order valence-corrected chi connectivity index (χ3v) is 4.95. The second-order valence-corrected chi connectivity index (χ2v) is 7.79. The zero-order valence-corrected chi connectivity index (χ0v) is 15.4. The molecule has 24 heavy (non-hydrogen) atoms. The standard InChI is InChI=1S/C17H23N5OS/c1-10(2)16(23)22-6-5-13(9-22)14-7-15(20-12(4)19-14)21-17-18-8-11(3)24-17/h7-8,10,13H,5-6,9H2,1-4H3,(H,18,19,20,21)/t13-/m0/s1. The number of hydrogen-bond acceptors (Lipinski definition) is 6. The molecule has 128 valence electrons. The Labute approximate surface area is 146 Å². The summed E-state index contributed by atoms with van der Waals surface area (Å²) in [7, 11) is 0. The van der Waals surface area contributed by atoms with E-state index in [0.717, 1.165) is 46.9 Å². The second kappa shape index (κ2) is 6.84. The molecule has 3 rings (SSSR count). The van der Waals surface area contributed by atoms with E-state index >= 15 is 0 Å². The topological polar surface area (TPSA) is 71.0 Å². The highest BCUT2D eigenvalue weighted by molar-refractivity contribution is 7.15. The largest absolute Gasteiger partial charge is 0.342 e. The van der Waals surface area contributed by atoms with Gasteiger partial charge in [-0.3, -0.25) is 4.79 Å². The van der Waals surface area contributed by atoms with Gasteiger partial charge < -0.3 is 10.2 Å². The lowest BCUT2D eigenvalue weighted by molar-refractivity contribution is -0.133. The number of likely N-dealkylation sites (tertiary alicyclic amines) is 1. The molecule has 1 fully saturated rings. The number of aromatic nitrogens is 3. The van der Waals surface area contributed by atoms with Crippen molar-refractivity contribution in [2.45, 2.75) is 40.0 Å². The predicted molar refractivity (Wildman–Crippen MR) is 95.7 cm³/mol. The first-order valence-corrected chi connectivity index (χ1v) is 9.08. The molecule has 0 spiro atoms. The summed E-state index contributed by atoms with van der Waals surface area (Å²) in [6.07, 6.45) is 2.79. The second-order valence-electron chi connectivity index (χ2n) is 6.55. The number of carbonyl (C=O) groups is 1. The molecule has 1 aliphatic rings. The number of hydrogen-bond donors (Lipinski definition) is 1. The maximum atomic E-state index is 12.2. The van der Waals surface area contributed by atoms with Crippen molar-refractivity contribution in [1.29, 1.82) is 0 Å². The van der Waals surface area contributed by atoms with E-state index in [0.29, 0.717) is 0 Å². The third-order valence-electron chi connectivity index (χ3n) is 4.13. The van der Waals surface area contributed by atoms with Gasteiger partial charge in [-0.2, -0.15) is 0 Å². The van der Waals surface area contributed by atoms with Gasteiger partial charge in [-0.25, -0.2) is 15.0 Å². The van der Waals surface area contributed by atoms with Crippen LogP contribution in [0, 0.1) is 19.8 Å². The van der Waals surface area contributed by atoms with Crippen molar-refractivity contribution in [3.8, 4) is 0 Å². The first kappa shape index (κ1) is 16.8. The molecule has 3 heterocycles. The quantitative estimate of drug-likeness (QED) is 0.921. The Morgan fingerprint density at radius 1 is 1.38 bits per heavy atom. The van der Waals surface area contributed by atoms with Crippen molar-refractivity contribution in [1.82, 2.24) is 19.9 Å². The molecule has 6 nitrogen and oxygen atoms in total. The minimum absolute atomic E-state index is 0.0428. The fourth-order valence-corrected chi connectivity index (χ4v) is 3.62. The fraction of sp³-hybridized carbons (Fsp3) is 0.529. The smallest absolute Gasteiger partial charge is 0.225 e. The molecule has 1 aliphatic heterocycles. The lowest BCUT2D eigenvalue weighted by Gasteiger charge is -2.18. The van der Waals surface area contributed by atoms with Crippen LogP contribution in [0.5, 0.6) is 0 Å². The van der Waals surface area contributed by atoms with Crippen LogP contribution in [-0.4, -0.2) is 38.8 Å². The van der Waals surface area contributed by atoms with Crippen LogP contribution in [0.1, 0.15) is 42.6 Å². The van der Waals surface area contributed by atoms with Gasteiger partial charge in [-0.1, -0.05) is 13.8 Å². The van der Waals surface area contributed by atoms with Gasteiger partial charge in [-0.05, 0) is 20.3 Å². The first-order valence-electron chi connectivity index (χ1n) is 8.26. The number of rotatable bonds is 4. The van der Waals surface area contributed by atoms with Gasteiger partial charge in [0.2, 0.25) is 5.91 Å². The minimum atomic E-state index is 0.0428. The van der Waals surface area contributed by atoms with E-state index in [2.05, 4.69) is 20.3 Å². The van der Waals surface area contributed by atoms with E-state index in [1.807, 2.05) is 44.9 Å². The number of amides is 1. The maximum absolute atomic E-state index is 12.2. The molecule has 1 amide bonds. The Bertz CT molecular complexity index is 742.